The molecule has 0 nitrogen and oxygen atoms in total. The van der Waals surface area contributed by atoms with Gasteiger partial charge in [0.25, 0.3) is 0 Å². The Balaban J connectivity index is 1.21. The normalized spacial score (nSPS) is 38.7. The molecule has 0 spiro atoms. The van der Waals surface area contributed by atoms with Gasteiger partial charge in [0.1, 0.15) is 0 Å². The first-order valence-corrected chi connectivity index (χ1v) is 16.9. The predicted octanol–water partition coefficient (Wildman–Crippen LogP) is 3.30. The molecule has 3 saturated heterocycles. The van der Waals surface area contributed by atoms with Crippen LogP contribution < -0.4 is 0 Å². The molecule has 3 aliphatic rings. The summed E-state index contributed by atoms with van der Waals surface area (Å²) in [5.74, 6) is 10.1. The Hall–Kier alpha value is 2.98. The first-order valence-electron chi connectivity index (χ1n) is 6.52. The van der Waals surface area contributed by atoms with E-state index in [1.54, 1.807) is 14.7 Å². The molecular weight excluding hydrogens is 528 g/mol. The molecule has 3 heterocycles. The molecule has 6 heteroatoms. The second-order valence-corrected chi connectivity index (χ2v) is 19.7. The van der Waals surface area contributed by atoms with Gasteiger partial charge in [-0.05, 0) is 0 Å². The first-order chi connectivity index (χ1) is 8.90. The number of thioether (sulfide) groups is 4. The Morgan fingerprint density at radius 2 is 1.39 bits per heavy atom. The summed E-state index contributed by atoms with van der Waals surface area (Å²) < 4.78 is 4.68. The zero-order chi connectivity index (χ0) is 12.2. The fourth-order valence-electron chi connectivity index (χ4n) is 1.77. The molecule has 2 atom stereocenters. The van der Waals surface area contributed by atoms with Crippen molar-refractivity contribution in [3.8, 4) is 0 Å². The third kappa shape index (κ3) is 6.39. The average molecular weight is 548 g/mol. The van der Waals surface area contributed by atoms with E-state index < -0.39 is 0 Å². The summed E-state index contributed by atoms with van der Waals surface area (Å²) in [5, 5.41) is 2.11. The van der Waals surface area contributed by atoms with Crippen LogP contribution in [0.4, 0.5) is 0 Å². The third-order valence-electron chi connectivity index (χ3n) is 3.06. The molecule has 2 unspecified atom stereocenters. The quantitative estimate of drug-likeness (QED) is 0.338. The van der Waals surface area contributed by atoms with Crippen LogP contribution >= 0.6 is 47.0 Å². The SMILES string of the molecule is C(SCC1CS1)C1C[Te]C(CSCC2CS2)[Te]C1. The van der Waals surface area contributed by atoms with Crippen LogP contribution in [0.25, 0.3) is 0 Å². The second-order valence-electron chi connectivity index (χ2n) is 4.95. The van der Waals surface area contributed by atoms with E-state index in [0.29, 0.717) is 41.8 Å². The van der Waals surface area contributed by atoms with Crippen molar-refractivity contribution in [1.82, 2.24) is 0 Å². The molecule has 0 N–H and O–H groups in total. The van der Waals surface area contributed by atoms with E-state index in [-0.39, 0.29) is 0 Å². The van der Waals surface area contributed by atoms with Crippen molar-refractivity contribution in [1.29, 1.82) is 0 Å². The summed E-state index contributed by atoms with van der Waals surface area (Å²) in [5.41, 5.74) is 0. The molecule has 0 radical (unpaired) electrons. The molecule has 0 aromatic heterocycles. The van der Waals surface area contributed by atoms with Gasteiger partial charge in [0.15, 0.2) is 0 Å². The summed E-state index contributed by atoms with van der Waals surface area (Å²) in [4.78, 5) is 0. The van der Waals surface area contributed by atoms with Crippen LogP contribution in [-0.4, -0.2) is 86.9 Å². The zero-order valence-electron chi connectivity index (χ0n) is 10.4. The van der Waals surface area contributed by atoms with E-state index in [9.17, 15) is 0 Å². The molecule has 0 aliphatic carbocycles. The van der Waals surface area contributed by atoms with Crippen LogP contribution in [0, 0.1) is 5.92 Å². The van der Waals surface area contributed by atoms with E-state index in [2.05, 4.69) is 47.0 Å². The van der Waals surface area contributed by atoms with Gasteiger partial charge in [-0.15, -0.1) is 0 Å². The van der Waals surface area contributed by atoms with Gasteiger partial charge < -0.3 is 0 Å². The van der Waals surface area contributed by atoms with E-state index in [0.717, 1.165) is 10.5 Å². The Kier molecular flexibility index (Phi) is 7.55. The van der Waals surface area contributed by atoms with Crippen molar-refractivity contribution >= 4 is 88.9 Å². The van der Waals surface area contributed by atoms with Crippen molar-refractivity contribution in [2.75, 3.05) is 34.5 Å². The fourth-order valence-corrected chi connectivity index (χ4v) is 20.8. The molecule has 0 aromatic carbocycles. The molecule has 18 heavy (non-hydrogen) atoms. The first kappa shape index (κ1) is 15.9. The van der Waals surface area contributed by atoms with Gasteiger partial charge in [0, 0.05) is 0 Å². The van der Waals surface area contributed by atoms with Crippen LogP contribution in [0.15, 0.2) is 0 Å². The summed E-state index contributed by atoms with van der Waals surface area (Å²) in [6, 6.07) is 0. The second kappa shape index (κ2) is 8.57. The minimum absolute atomic E-state index is 0.410. The fraction of sp³-hybridized carbons (Fsp3) is 1.00. The van der Waals surface area contributed by atoms with Crippen molar-refractivity contribution < 1.29 is 0 Å². The van der Waals surface area contributed by atoms with Gasteiger partial charge in [-0.2, -0.15) is 0 Å². The van der Waals surface area contributed by atoms with Gasteiger partial charge in [0.2, 0.25) is 0 Å². The van der Waals surface area contributed by atoms with E-state index in [4.69, 9.17) is 0 Å². The molecule has 0 amide bonds. The van der Waals surface area contributed by atoms with E-state index in [1.165, 1.54) is 36.7 Å². The Labute approximate surface area is 149 Å². The molecule has 0 bridgehead atoms. The number of rotatable bonds is 8. The van der Waals surface area contributed by atoms with Gasteiger partial charge >= 0.3 is 151 Å². The molecule has 3 aliphatic heterocycles. The molecular formula is C12H20S4Te2. The summed E-state index contributed by atoms with van der Waals surface area (Å²) in [7, 11) is 0. The van der Waals surface area contributed by atoms with Gasteiger partial charge in [0.05, 0.1) is 0 Å². The average Bonchev–Trinajstić information content (AvgIpc) is 3.25. The topological polar surface area (TPSA) is 0 Å². The number of hydrogen-bond donors (Lipinski definition) is 0. The Morgan fingerprint density at radius 3 is 1.94 bits per heavy atom. The molecule has 0 aromatic rings. The zero-order valence-corrected chi connectivity index (χ0v) is 18.3. The van der Waals surface area contributed by atoms with Gasteiger partial charge in [-0.1, -0.05) is 0 Å². The molecule has 3 rings (SSSR count). The van der Waals surface area contributed by atoms with E-state index in [1.807, 2.05) is 0 Å². The van der Waals surface area contributed by atoms with Gasteiger partial charge in [-0.3, -0.25) is 0 Å². The third-order valence-corrected chi connectivity index (χ3v) is 21.4. The minimum atomic E-state index is 0.410. The Morgan fingerprint density at radius 1 is 0.833 bits per heavy atom. The predicted molar refractivity (Wildman–Crippen MR) is 95.5 cm³/mol. The summed E-state index contributed by atoms with van der Waals surface area (Å²) in [6.07, 6.45) is 0. The number of hydrogen-bond acceptors (Lipinski definition) is 4. The van der Waals surface area contributed by atoms with Crippen LogP contribution in [0.3, 0.4) is 0 Å². The van der Waals surface area contributed by atoms with Crippen LogP contribution in [0.2, 0.25) is 11.0 Å². The molecule has 104 valence electrons. The van der Waals surface area contributed by atoms with Crippen LogP contribution in [0.1, 0.15) is 0 Å². The van der Waals surface area contributed by atoms with Crippen molar-refractivity contribution in [3.63, 3.8) is 0 Å². The molecule has 0 saturated carbocycles. The maximum atomic E-state index is 2.30. The monoisotopic (exact) mass is 552 g/mol. The van der Waals surface area contributed by atoms with Crippen LogP contribution in [0.5, 0.6) is 0 Å². The summed E-state index contributed by atoms with van der Waals surface area (Å²) in [6.45, 7) is 0. The van der Waals surface area contributed by atoms with Crippen molar-refractivity contribution in [2.45, 2.75) is 21.5 Å². The summed E-state index contributed by atoms with van der Waals surface area (Å²) >= 11 is 9.72. The van der Waals surface area contributed by atoms with Crippen molar-refractivity contribution in [3.05, 3.63) is 0 Å². The van der Waals surface area contributed by atoms with Crippen LogP contribution in [-0.2, 0) is 0 Å². The molecule has 3 fully saturated rings. The van der Waals surface area contributed by atoms with Crippen molar-refractivity contribution in [2.24, 2.45) is 5.92 Å². The Bertz CT molecular complexity index is 224. The maximum absolute atomic E-state index is 2.30. The van der Waals surface area contributed by atoms with Gasteiger partial charge in [-0.25, -0.2) is 0 Å². The standard InChI is InChI=1S/C12H20S4Te2/c1(13-2-10-4-15-10)9-7-17-12(18-8-9)6-14-3-11-5-16-11/h9-12H,1-8H2. The van der Waals surface area contributed by atoms with E-state index >= 15 is 0 Å².